The maximum atomic E-state index is 13.7. The van der Waals surface area contributed by atoms with Crippen molar-refractivity contribution >= 4 is 35.0 Å². The van der Waals surface area contributed by atoms with Crippen LogP contribution in [0.1, 0.15) is 37.7 Å². The highest BCUT2D eigenvalue weighted by Gasteiger charge is 2.56. The van der Waals surface area contributed by atoms with Crippen molar-refractivity contribution in [1.82, 2.24) is 20.6 Å². The number of hydrogen-bond donors (Lipinski definition) is 3. The van der Waals surface area contributed by atoms with Crippen molar-refractivity contribution in [2.45, 2.75) is 44.6 Å². The Morgan fingerprint density at radius 2 is 1.79 bits per heavy atom. The summed E-state index contributed by atoms with van der Waals surface area (Å²) < 4.78 is 0. The van der Waals surface area contributed by atoms with Crippen molar-refractivity contribution in [2.75, 3.05) is 47.8 Å². The van der Waals surface area contributed by atoms with E-state index in [1.807, 2.05) is 17.0 Å². The normalized spacial score (nSPS) is 25.1. The molecule has 0 unspecified atom stereocenters. The summed E-state index contributed by atoms with van der Waals surface area (Å²) in [4.78, 5) is 40.1. The number of benzene rings is 1. The minimum absolute atomic E-state index is 0.0908. The van der Waals surface area contributed by atoms with E-state index in [4.69, 9.17) is 4.98 Å². The van der Waals surface area contributed by atoms with Crippen LogP contribution < -0.4 is 25.8 Å². The molecule has 1 saturated carbocycles. The van der Waals surface area contributed by atoms with Gasteiger partial charge in [0, 0.05) is 68.3 Å². The SMILES string of the molecule is O=C1NCC[C@]12Cc1cnc(Nc3ccc(N4CCNCC4)cc3)nc1N(C1CCCC1)C2=O. The number of fused-ring (bicyclic) bond motifs is 1. The van der Waals surface area contributed by atoms with Crippen LogP contribution in [0.5, 0.6) is 0 Å². The summed E-state index contributed by atoms with van der Waals surface area (Å²) >= 11 is 0. The lowest BCUT2D eigenvalue weighted by molar-refractivity contribution is -0.140. The monoisotopic (exact) mass is 461 g/mol. The van der Waals surface area contributed by atoms with E-state index in [1.54, 1.807) is 6.20 Å². The third-order valence-electron chi connectivity index (χ3n) is 7.76. The second-order valence-electron chi connectivity index (χ2n) is 9.83. The third kappa shape index (κ3) is 3.58. The van der Waals surface area contributed by atoms with E-state index in [0.29, 0.717) is 31.2 Å². The largest absolute Gasteiger partial charge is 0.369 e. The Morgan fingerprint density at radius 3 is 2.50 bits per heavy atom. The standard InChI is InChI=1S/C25H31N7O2/c33-22-25(9-10-27-22)15-17-16-28-24(30-21(17)32(23(25)34)20-3-1-2-4-20)29-18-5-7-19(8-6-18)31-13-11-26-12-14-31/h5-8,16,20,26H,1-4,9-15H2,(H,27,33)(H,28,29,30)/t25-/m0/s1. The molecule has 34 heavy (non-hydrogen) atoms. The first kappa shape index (κ1) is 21.3. The minimum atomic E-state index is -1.01. The summed E-state index contributed by atoms with van der Waals surface area (Å²) in [5, 5.41) is 9.57. The number of nitrogens with one attached hydrogen (secondary N) is 3. The second-order valence-corrected chi connectivity index (χ2v) is 9.83. The van der Waals surface area contributed by atoms with Gasteiger partial charge < -0.3 is 20.9 Å². The highest BCUT2D eigenvalue weighted by molar-refractivity contribution is 6.14. The summed E-state index contributed by atoms with van der Waals surface area (Å²) in [5.41, 5.74) is 1.98. The van der Waals surface area contributed by atoms with Crippen LogP contribution in [0, 0.1) is 5.41 Å². The average molecular weight is 462 g/mol. The first-order valence-corrected chi connectivity index (χ1v) is 12.4. The number of amides is 2. The van der Waals surface area contributed by atoms with Crippen LogP contribution in [0.25, 0.3) is 0 Å². The maximum absolute atomic E-state index is 13.7. The second kappa shape index (κ2) is 8.54. The zero-order valence-electron chi connectivity index (χ0n) is 19.3. The molecule has 3 N–H and O–H groups in total. The molecule has 1 aromatic carbocycles. The van der Waals surface area contributed by atoms with Crippen molar-refractivity contribution in [1.29, 1.82) is 0 Å². The summed E-state index contributed by atoms with van der Waals surface area (Å²) in [5.74, 6) is 0.887. The van der Waals surface area contributed by atoms with Gasteiger partial charge in [-0.15, -0.1) is 0 Å². The van der Waals surface area contributed by atoms with Crippen LogP contribution in [0.2, 0.25) is 0 Å². The summed E-state index contributed by atoms with van der Waals surface area (Å²) in [6.07, 6.45) is 6.79. The number of rotatable bonds is 4. The van der Waals surface area contributed by atoms with E-state index in [-0.39, 0.29) is 17.9 Å². The number of aromatic nitrogens is 2. The zero-order chi connectivity index (χ0) is 23.1. The van der Waals surface area contributed by atoms with Gasteiger partial charge in [0.2, 0.25) is 17.8 Å². The van der Waals surface area contributed by atoms with Crippen LogP contribution in [-0.2, 0) is 16.0 Å². The van der Waals surface area contributed by atoms with Crippen molar-refractivity contribution in [3.63, 3.8) is 0 Å². The molecule has 9 heteroatoms. The Hall–Kier alpha value is -3.20. The quantitative estimate of drug-likeness (QED) is 0.598. The number of anilines is 4. The molecule has 0 radical (unpaired) electrons. The van der Waals surface area contributed by atoms with Crippen molar-refractivity contribution in [3.05, 3.63) is 36.0 Å². The summed E-state index contributed by atoms with van der Waals surface area (Å²) in [6.45, 7) is 4.56. The fourth-order valence-corrected chi connectivity index (χ4v) is 5.87. The van der Waals surface area contributed by atoms with Crippen LogP contribution in [-0.4, -0.2) is 60.5 Å². The fourth-order valence-electron chi connectivity index (χ4n) is 5.87. The van der Waals surface area contributed by atoms with Gasteiger partial charge in [-0.3, -0.25) is 14.5 Å². The predicted molar refractivity (Wildman–Crippen MR) is 130 cm³/mol. The molecular weight excluding hydrogens is 430 g/mol. The van der Waals surface area contributed by atoms with Crippen molar-refractivity contribution < 1.29 is 9.59 Å². The average Bonchev–Trinajstić information content (AvgIpc) is 3.52. The number of piperazine rings is 1. The predicted octanol–water partition coefficient (Wildman–Crippen LogP) is 1.97. The first-order valence-electron chi connectivity index (χ1n) is 12.4. The Bertz CT molecular complexity index is 1090. The molecule has 9 nitrogen and oxygen atoms in total. The van der Waals surface area contributed by atoms with Crippen molar-refractivity contribution in [2.24, 2.45) is 5.41 Å². The van der Waals surface area contributed by atoms with Gasteiger partial charge in [0.1, 0.15) is 11.2 Å². The fraction of sp³-hybridized carbons (Fsp3) is 0.520. The zero-order valence-corrected chi connectivity index (χ0v) is 19.3. The van der Waals surface area contributed by atoms with Gasteiger partial charge >= 0.3 is 0 Å². The number of carbonyl (C=O) groups is 2. The van der Waals surface area contributed by atoms with Gasteiger partial charge in [-0.1, -0.05) is 12.8 Å². The maximum Gasteiger partial charge on any atom is 0.244 e. The lowest BCUT2D eigenvalue weighted by Gasteiger charge is -2.40. The molecule has 2 amide bonds. The molecule has 1 aromatic heterocycles. The van der Waals surface area contributed by atoms with Crippen LogP contribution in [0.4, 0.5) is 23.1 Å². The van der Waals surface area contributed by atoms with Gasteiger partial charge in [-0.2, -0.15) is 4.98 Å². The number of carbonyl (C=O) groups excluding carboxylic acids is 2. The van der Waals surface area contributed by atoms with E-state index < -0.39 is 5.41 Å². The van der Waals surface area contributed by atoms with Gasteiger partial charge in [-0.05, 0) is 43.5 Å². The van der Waals surface area contributed by atoms with Crippen LogP contribution >= 0.6 is 0 Å². The molecule has 0 bridgehead atoms. The van der Waals surface area contributed by atoms with E-state index in [1.165, 1.54) is 5.69 Å². The molecule has 1 spiro atoms. The third-order valence-corrected chi connectivity index (χ3v) is 7.76. The van der Waals surface area contributed by atoms with E-state index in [9.17, 15) is 9.59 Å². The van der Waals surface area contributed by atoms with Gasteiger partial charge in [0.25, 0.3) is 0 Å². The van der Waals surface area contributed by atoms with E-state index in [0.717, 1.165) is 63.1 Å². The highest BCUT2D eigenvalue weighted by atomic mass is 16.2. The Labute approximate surface area is 199 Å². The lowest BCUT2D eigenvalue weighted by atomic mass is 9.76. The van der Waals surface area contributed by atoms with Gasteiger partial charge in [0.05, 0.1) is 0 Å². The first-order chi connectivity index (χ1) is 16.6. The van der Waals surface area contributed by atoms with Crippen molar-refractivity contribution in [3.8, 4) is 0 Å². The van der Waals surface area contributed by atoms with Gasteiger partial charge in [0.15, 0.2) is 0 Å². The highest BCUT2D eigenvalue weighted by Crippen LogP contribution is 2.44. The molecule has 3 fully saturated rings. The van der Waals surface area contributed by atoms with E-state index >= 15 is 0 Å². The smallest absolute Gasteiger partial charge is 0.244 e. The topological polar surface area (TPSA) is 102 Å². The number of hydrogen-bond acceptors (Lipinski definition) is 7. The molecule has 4 aliphatic rings. The lowest BCUT2D eigenvalue weighted by Crippen LogP contribution is -2.56. The molecule has 3 aliphatic heterocycles. The molecular formula is C25H31N7O2. The molecule has 4 heterocycles. The Balaban J connectivity index is 1.28. The molecule has 1 atom stereocenters. The Morgan fingerprint density at radius 1 is 1.03 bits per heavy atom. The molecule has 1 aliphatic carbocycles. The minimum Gasteiger partial charge on any atom is -0.369 e. The Kier molecular flexibility index (Phi) is 5.36. The van der Waals surface area contributed by atoms with Gasteiger partial charge in [-0.25, -0.2) is 4.98 Å². The number of nitrogens with zero attached hydrogens (tertiary/aromatic N) is 4. The molecule has 2 aromatic rings. The molecule has 178 valence electrons. The van der Waals surface area contributed by atoms with E-state index in [2.05, 4.69) is 38.0 Å². The molecule has 6 rings (SSSR count). The summed E-state index contributed by atoms with van der Waals surface area (Å²) in [6, 6.07) is 8.40. The van der Waals surface area contributed by atoms with Crippen LogP contribution in [0.3, 0.4) is 0 Å². The van der Waals surface area contributed by atoms with Crippen LogP contribution in [0.15, 0.2) is 30.5 Å². The summed E-state index contributed by atoms with van der Waals surface area (Å²) in [7, 11) is 0. The molecule has 2 saturated heterocycles.